The van der Waals surface area contributed by atoms with Gasteiger partial charge in [-0.05, 0) is 18.8 Å². The van der Waals surface area contributed by atoms with Crippen molar-refractivity contribution in [3.8, 4) is 0 Å². The van der Waals surface area contributed by atoms with E-state index in [4.69, 9.17) is 0 Å². The van der Waals surface area contributed by atoms with E-state index in [9.17, 15) is 5.11 Å². The molecule has 0 spiro atoms. The molecule has 1 nitrogen and oxygen atoms in total. The lowest BCUT2D eigenvalue weighted by Gasteiger charge is -2.12. The van der Waals surface area contributed by atoms with E-state index in [-0.39, 0.29) is 6.10 Å². The molecule has 2 atom stereocenters. The Labute approximate surface area is 77.2 Å². The Balaban J connectivity index is 3.26. The maximum Gasteiger partial charge on any atom is 0.0932 e. The molecule has 0 aromatic rings. The average Bonchev–Trinajstić information content (AvgIpc) is 2.05. The minimum absolute atomic E-state index is 0.300. The molecule has 0 aliphatic heterocycles. The van der Waals surface area contributed by atoms with Crippen LogP contribution in [0.3, 0.4) is 0 Å². The average molecular weight is 171 g/mol. The second-order valence-electron chi connectivity index (χ2n) is 3.87. The standard InChI is InChI=1S/C11H23O/c1-4-6-7-8-11(12)9-10(3)5-2/h10-11H,4-9H2,1-3H3. The SMILES string of the molecule is CCCCCC([O])CC(C)CC. The van der Waals surface area contributed by atoms with Crippen LogP contribution in [-0.2, 0) is 5.11 Å². The molecular formula is C11H23O. The molecule has 1 radical (unpaired) electrons. The van der Waals surface area contributed by atoms with Crippen molar-refractivity contribution in [3.05, 3.63) is 0 Å². The second kappa shape index (κ2) is 7.60. The third-order valence-corrected chi connectivity index (χ3v) is 2.49. The van der Waals surface area contributed by atoms with Gasteiger partial charge in [-0.15, -0.1) is 0 Å². The molecule has 0 aliphatic rings. The van der Waals surface area contributed by atoms with Gasteiger partial charge in [0.2, 0.25) is 0 Å². The van der Waals surface area contributed by atoms with Crippen molar-refractivity contribution in [2.75, 3.05) is 0 Å². The molecule has 12 heavy (non-hydrogen) atoms. The molecule has 0 amide bonds. The molecule has 73 valence electrons. The normalized spacial score (nSPS) is 16.0. The predicted octanol–water partition coefficient (Wildman–Crippen LogP) is 3.80. The second-order valence-corrected chi connectivity index (χ2v) is 3.87. The van der Waals surface area contributed by atoms with E-state index in [2.05, 4.69) is 20.8 Å². The van der Waals surface area contributed by atoms with Crippen molar-refractivity contribution < 1.29 is 5.11 Å². The Morgan fingerprint density at radius 1 is 1.17 bits per heavy atom. The quantitative estimate of drug-likeness (QED) is 0.519. The highest BCUT2D eigenvalue weighted by atomic mass is 16.3. The lowest BCUT2D eigenvalue weighted by atomic mass is 9.98. The summed E-state index contributed by atoms with van der Waals surface area (Å²) in [6, 6.07) is 0. The Bertz CT molecular complexity index is 91.0. The number of unbranched alkanes of at least 4 members (excludes halogenated alkanes) is 2. The number of hydrogen-bond donors (Lipinski definition) is 0. The highest BCUT2D eigenvalue weighted by Gasteiger charge is 2.09. The van der Waals surface area contributed by atoms with Gasteiger partial charge in [0.05, 0.1) is 6.10 Å². The van der Waals surface area contributed by atoms with Crippen molar-refractivity contribution in [2.45, 2.75) is 65.4 Å². The van der Waals surface area contributed by atoms with E-state index in [1.807, 2.05) is 0 Å². The van der Waals surface area contributed by atoms with Gasteiger partial charge < -0.3 is 0 Å². The van der Waals surface area contributed by atoms with Crippen LogP contribution in [0.25, 0.3) is 0 Å². The lowest BCUT2D eigenvalue weighted by Crippen LogP contribution is -2.09. The van der Waals surface area contributed by atoms with Gasteiger partial charge in [-0.1, -0.05) is 46.5 Å². The Kier molecular flexibility index (Phi) is 7.58. The summed E-state index contributed by atoms with van der Waals surface area (Å²) in [4.78, 5) is 0. The van der Waals surface area contributed by atoms with Gasteiger partial charge in [0.25, 0.3) is 0 Å². The van der Waals surface area contributed by atoms with Gasteiger partial charge in [-0.25, -0.2) is 5.11 Å². The monoisotopic (exact) mass is 171 g/mol. The minimum atomic E-state index is -0.300. The molecule has 0 fully saturated rings. The van der Waals surface area contributed by atoms with Crippen LogP contribution in [0.15, 0.2) is 0 Å². The summed E-state index contributed by atoms with van der Waals surface area (Å²) in [5.74, 6) is 0.620. The maximum absolute atomic E-state index is 11.4. The molecule has 0 bridgehead atoms. The molecule has 2 unspecified atom stereocenters. The first kappa shape index (κ1) is 12.0. The molecule has 0 N–H and O–H groups in total. The summed E-state index contributed by atoms with van der Waals surface area (Å²) in [5, 5.41) is 11.4. The Hall–Kier alpha value is -0.0400. The Morgan fingerprint density at radius 3 is 2.33 bits per heavy atom. The van der Waals surface area contributed by atoms with Crippen molar-refractivity contribution >= 4 is 0 Å². The van der Waals surface area contributed by atoms with Gasteiger partial charge in [0.1, 0.15) is 0 Å². The first-order valence-corrected chi connectivity index (χ1v) is 5.36. The van der Waals surface area contributed by atoms with E-state index in [1.165, 1.54) is 12.8 Å². The van der Waals surface area contributed by atoms with Crippen molar-refractivity contribution in [2.24, 2.45) is 5.92 Å². The van der Waals surface area contributed by atoms with Gasteiger partial charge in [-0.2, -0.15) is 0 Å². The maximum atomic E-state index is 11.4. The molecule has 0 aromatic heterocycles. The highest BCUT2D eigenvalue weighted by Crippen LogP contribution is 2.14. The fourth-order valence-corrected chi connectivity index (χ4v) is 1.36. The van der Waals surface area contributed by atoms with Gasteiger partial charge >= 0.3 is 0 Å². The molecule has 0 saturated heterocycles. The van der Waals surface area contributed by atoms with Crippen LogP contribution in [0, 0.1) is 5.92 Å². The van der Waals surface area contributed by atoms with Crippen LogP contribution in [0.5, 0.6) is 0 Å². The van der Waals surface area contributed by atoms with Crippen LogP contribution in [0.2, 0.25) is 0 Å². The minimum Gasteiger partial charge on any atom is -0.233 e. The number of hydrogen-bond acceptors (Lipinski definition) is 0. The third kappa shape index (κ3) is 6.66. The lowest BCUT2D eigenvalue weighted by molar-refractivity contribution is 0.0583. The summed E-state index contributed by atoms with van der Waals surface area (Å²) in [5.41, 5.74) is 0. The van der Waals surface area contributed by atoms with Crippen LogP contribution < -0.4 is 0 Å². The molecule has 0 aromatic carbocycles. The van der Waals surface area contributed by atoms with Crippen molar-refractivity contribution in [3.63, 3.8) is 0 Å². The van der Waals surface area contributed by atoms with Gasteiger partial charge in [-0.3, -0.25) is 0 Å². The highest BCUT2D eigenvalue weighted by molar-refractivity contribution is 4.60. The zero-order chi connectivity index (χ0) is 9.40. The van der Waals surface area contributed by atoms with Crippen molar-refractivity contribution in [1.29, 1.82) is 0 Å². The predicted molar refractivity (Wildman–Crippen MR) is 52.7 cm³/mol. The zero-order valence-electron chi connectivity index (χ0n) is 8.81. The molecule has 0 saturated carbocycles. The van der Waals surface area contributed by atoms with E-state index in [0.717, 1.165) is 25.7 Å². The topological polar surface area (TPSA) is 19.9 Å². The van der Waals surface area contributed by atoms with Gasteiger partial charge in [0, 0.05) is 0 Å². The molecule has 1 heteroatoms. The van der Waals surface area contributed by atoms with Crippen LogP contribution in [0.1, 0.15) is 59.3 Å². The summed E-state index contributed by atoms with van der Waals surface area (Å²) in [7, 11) is 0. The van der Waals surface area contributed by atoms with Crippen LogP contribution in [-0.4, -0.2) is 6.10 Å². The van der Waals surface area contributed by atoms with Crippen molar-refractivity contribution in [1.82, 2.24) is 0 Å². The summed E-state index contributed by atoms with van der Waals surface area (Å²) < 4.78 is 0. The van der Waals surface area contributed by atoms with E-state index < -0.39 is 0 Å². The Morgan fingerprint density at radius 2 is 1.83 bits per heavy atom. The van der Waals surface area contributed by atoms with Crippen LogP contribution >= 0.6 is 0 Å². The first-order valence-electron chi connectivity index (χ1n) is 5.36. The number of rotatable bonds is 7. The largest absolute Gasteiger partial charge is 0.233 e. The first-order chi connectivity index (χ1) is 5.70. The fourth-order valence-electron chi connectivity index (χ4n) is 1.36. The summed E-state index contributed by atoms with van der Waals surface area (Å²) >= 11 is 0. The molecule has 0 heterocycles. The fraction of sp³-hybridized carbons (Fsp3) is 1.00. The zero-order valence-corrected chi connectivity index (χ0v) is 8.81. The summed E-state index contributed by atoms with van der Waals surface area (Å²) in [6.07, 6.45) is 6.17. The van der Waals surface area contributed by atoms with Gasteiger partial charge in [0.15, 0.2) is 0 Å². The molecule has 0 rings (SSSR count). The van der Waals surface area contributed by atoms with E-state index in [0.29, 0.717) is 5.92 Å². The van der Waals surface area contributed by atoms with Crippen LogP contribution in [0.4, 0.5) is 0 Å². The van der Waals surface area contributed by atoms with E-state index in [1.54, 1.807) is 0 Å². The summed E-state index contributed by atoms with van der Waals surface area (Å²) in [6.45, 7) is 6.50. The third-order valence-electron chi connectivity index (χ3n) is 2.49. The molecular weight excluding hydrogens is 148 g/mol. The van der Waals surface area contributed by atoms with E-state index >= 15 is 0 Å². The molecule has 0 aliphatic carbocycles. The smallest absolute Gasteiger partial charge is 0.0932 e.